The predicted molar refractivity (Wildman–Crippen MR) is 142 cm³/mol. The number of ether oxygens (including phenoxy) is 8. The highest BCUT2D eigenvalue weighted by Gasteiger charge is 2.18. The lowest BCUT2D eigenvalue weighted by Gasteiger charge is -2.14. The highest BCUT2D eigenvalue weighted by atomic mass is 16.6. The first-order chi connectivity index (χ1) is 18.3. The molecule has 0 heterocycles. The molecule has 14 heteroatoms. The van der Waals surface area contributed by atoms with Crippen LogP contribution in [0.5, 0.6) is 23.0 Å². The van der Waals surface area contributed by atoms with E-state index in [9.17, 15) is 10.1 Å². The van der Waals surface area contributed by atoms with E-state index in [2.05, 4.69) is 0 Å². The van der Waals surface area contributed by atoms with E-state index in [0.29, 0.717) is 68.3 Å². The number of nitro benzene ring substituents is 1. The summed E-state index contributed by atoms with van der Waals surface area (Å²) >= 11 is 0. The van der Waals surface area contributed by atoms with Gasteiger partial charge in [0.05, 0.1) is 48.8 Å². The zero-order valence-electron chi connectivity index (χ0n) is 22.2. The lowest BCUT2D eigenvalue weighted by atomic mass is 10.2. The lowest BCUT2D eigenvalue weighted by molar-refractivity contribution is -0.384. The van der Waals surface area contributed by atoms with Crippen molar-refractivity contribution in [2.75, 3.05) is 98.5 Å². The van der Waals surface area contributed by atoms with Crippen LogP contribution >= 0.6 is 0 Å². The number of nitrogens with two attached hydrogens (primary N) is 3. The first kappa shape index (κ1) is 32.3. The third-order valence-electron chi connectivity index (χ3n) is 4.62. The number of nitrogens with zero attached hydrogens (tertiary/aromatic N) is 1. The molecular formula is C24H38N4O10. The SMILES string of the molecule is COCCOc1cc(N)c(N)cc1OCCOC.COCCOc1cc(N)c([N+](=O)[O-])cc1OCCOC. The Balaban J connectivity index is 0.000000382. The number of hydrogen-bond donors (Lipinski definition) is 3. The van der Waals surface area contributed by atoms with Gasteiger partial charge in [0.15, 0.2) is 23.0 Å². The van der Waals surface area contributed by atoms with Crippen molar-refractivity contribution in [3.63, 3.8) is 0 Å². The molecule has 0 bridgehead atoms. The Hall–Kier alpha value is -3.72. The minimum atomic E-state index is -0.572. The van der Waals surface area contributed by atoms with Crippen LogP contribution in [-0.4, -0.2) is 86.2 Å². The number of rotatable bonds is 17. The summed E-state index contributed by atoms with van der Waals surface area (Å²) in [5.41, 5.74) is 17.8. The Morgan fingerprint density at radius 2 is 0.842 bits per heavy atom. The van der Waals surface area contributed by atoms with Crippen LogP contribution < -0.4 is 36.1 Å². The Labute approximate surface area is 221 Å². The van der Waals surface area contributed by atoms with Crippen LogP contribution in [-0.2, 0) is 18.9 Å². The van der Waals surface area contributed by atoms with Gasteiger partial charge in [-0.1, -0.05) is 0 Å². The van der Waals surface area contributed by atoms with Crippen molar-refractivity contribution >= 4 is 22.7 Å². The van der Waals surface area contributed by atoms with Crippen LogP contribution in [0.25, 0.3) is 0 Å². The first-order valence-electron chi connectivity index (χ1n) is 11.5. The molecular weight excluding hydrogens is 504 g/mol. The third-order valence-corrected chi connectivity index (χ3v) is 4.62. The monoisotopic (exact) mass is 542 g/mol. The Bertz CT molecular complexity index is 943. The van der Waals surface area contributed by atoms with Crippen molar-refractivity contribution in [3.05, 3.63) is 34.4 Å². The molecule has 0 spiro atoms. The van der Waals surface area contributed by atoms with Gasteiger partial charge >= 0.3 is 0 Å². The molecule has 0 aliphatic heterocycles. The summed E-state index contributed by atoms with van der Waals surface area (Å²) < 4.78 is 41.4. The van der Waals surface area contributed by atoms with Crippen molar-refractivity contribution in [2.45, 2.75) is 0 Å². The molecule has 0 aliphatic carbocycles. The smallest absolute Gasteiger partial charge is 0.296 e. The molecule has 0 atom stereocenters. The Morgan fingerprint density at radius 1 is 0.553 bits per heavy atom. The van der Waals surface area contributed by atoms with E-state index in [0.717, 1.165) is 0 Å². The quantitative estimate of drug-likeness (QED) is 0.114. The summed E-state index contributed by atoms with van der Waals surface area (Å²) in [5.74, 6) is 1.69. The second-order valence-electron chi connectivity index (χ2n) is 7.41. The highest BCUT2D eigenvalue weighted by Crippen LogP contribution is 2.36. The van der Waals surface area contributed by atoms with Gasteiger partial charge < -0.3 is 55.1 Å². The summed E-state index contributed by atoms with van der Waals surface area (Å²) in [5, 5.41) is 10.9. The fourth-order valence-electron chi connectivity index (χ4n) is 2.71. The van der Waals surface area contributed by atoms with Crippen molar-refractivity contribution in [3.8, 4) is 23.0 Å². The molecule has 0 aromatic heterocycles. The molecule has 0 fully saturated rings. The third kappa shape index (κ3) is 11.6. The van der Waals surface area contributed by atoms with Crippen LogP contribution in [0.3, 0.4) is 0 Å². The molecule has 0 saturated heterocycles. The molecule has 2 aromatic carbocycles. The highest BCUT2D eigenvalue weighted by molar-refractivity contribution is 5.69. The van der Waals surface area contributed by atoms with Gasteiger partial charge in [-0.25, -0.2) is 0 Å². The molecule has 0 saturated carbocycles. The Morgan fingerprint density at radius 3 is 1.13 bits per heavy atom. The number of anilines is 3. The predicted octanol–water partition coefficient (Wildman–Crippen LogP) is 2.13. The number of hydrogen-bond acceptors (Lipinski definition) is 13. The van der Waals surface area contributed by atoms with Gasteiger partial charge in [0.1, 0.15) is 32.1 Å². The van der Waals surface area contributed by atoms with Crippen LogP contribution in [0.1, 0.15) is 0 Å². The minimum absolute atomic E-state index is 0.0153. The topological polar surface area (TPSA) is 195 Å². The minimum Gasteiger partial charge on any atom is -0.487 e. The standard InChI is InChI=1S/C12H18N2O6.C12H20N2O4/c1-17-3-5-19-11-7-9(13)10(14(15)16)8-12(11)20-6-4-18-2;1-15-3-5-17-11-7-9(13)10(14)8-12(11)18-6-4-16-2/h7-8H,3-6,13H2,1-2H3;7-8H,3-6,13-14H2,1-2H3. The van der Waals surface area contributed by atoms with E-state index >= 15 is 0 Å². The van der Waals surface area contributed by atoms with E-state index in [1.165, 1.54) is 19.2 Å². The van der Waals surface area contributed by atoms with E-state index in [-0.39, 0.29) is 30.3 Å². The molecule has 2 aromatic rings. The average Bonchev–Trinajstić information content (AvgIpc) is 2.88. The van der Waals surface area contributed by atoms with Gasteiger partial charge in [-0.15, -0.1) is 0 Å². The largest absolute Gasteiger partial charge is 0.487 e. The number of methoxy groups -OCH3 is 4. The summed E-state index contributed by atoms with van der Waals surface area (Å²) in [6.07, 6.45) is 0. The van der Waals surface area contributed by atoms with Crippen LogP contribution in [0.2, 0.25) is 0 Å². The fourth-order valence-corrected chi connectivity index (χ4v) is 2.71. The average molecular weight is 543 g/mol. The summed E-state index contributed by atoms with van der Waals surface area (Å²) in [7, 11) is 6.29. The molecule has 214 valence electrons. The zero-order valence-corrected chi connectivity index (χ0v) is 22.2. The van der Waals surface area contributed by atoms with Gasteiger partial charge in [0.25, 0.3) is 5.69 Å². The molecule has 0 radical (unpaired) electrons. The van der Waals surface area contributed by atoms with Gasteiger partial charge in [-0.3, -0.25) is 10.1 Å². The fraction of sp³-hybridized carbons (Fsp3) is 0.500. The summed E-state index contributed by atoms with van der Waals surface area (Å²) in [6.45, 7) is 3.08. The maximum atomic E-state index is 10.9. The second kappa shape index (κ2) is 18.5. The Kier molecular flexibility index (Phi) is 15.7. The molecule has 0 unspecified atom stereocenters. The molecule has 6 N–H and O–H groups in total. The first-order valence-corrected chi connectivity index (χ1v) is 11.5. The maximum absolute atomic E-state index is 10.9. The maximum Gasteiger partial charge on any atom is 0.296 e. The van der Waals surface area contributed by atoms with E-state index in [4.69, 9.17) is 55.1 Å². The second-order valence-corrected chi connectivity index (χ2v) is 7.41. The van der Waals surface area contributed by atoms with Crippen molar-refractivity contribution in [1.82, 2.24) is 0 Å². The molecule has 0 aliphatic rings. The zero-order chi connectivity index (χ0) is 28.3. The normalized spacial score (nSPS) is 10.3. The van der Waals surface area contributed by atoms with Crippen LogP contribution in [0.4, 0.5) is 22.7 Å². The number of benzene rings is 2. The van der Waals surface area contributed by atoms with Crippen molar-refractivity contribution < 1.29 is 42.8 Å². The van der Waals surface area contributed by atoms with Gasteiger partial charge in [0, 0.05) is 46.6 Å². The van der Waals surface area contributed by atoms with E-state index < -0.39 is 4.92 Å². The van der Waals surface area contributed by atoms with Gasteiger partial charge in [-0.2, -0.15) is 0 Å². The summed E-state index contributed by atoms with van der Waals surface area (Å²) in [6, 6.07) is 5.91. The molecule has 0 amide bonds. The van der Waals surface area contributed by atoms with Gasteiger partial charge in [-0.05, 0) is 0 Å². The van der Waals surface area contributed by atoms with E-state index in [1.807, 2.05) is 0 Å². The molecule has 2 rings (SSSR count). The van der Waals surface area contributed by atoms with Crippen molar-refractivity contribution in [2.24, 2.45) is 0 Å². The number of nitro groups is 1. The lowest BCUT2D eigenvalue weighted by Crippen LogP contribution is -2.09. The molecule has 14 nitrogen and oxygen atoms in total. The van der Waals surface area contributed by atoms with Crippen molar-refractivity contribution in [1.29, 1.82) is 0 Å². The number of nitrogen functional groups attached to an aromatic ring is 3. The van der Waals surface area contributed by atoms with E-state index in [1.54, 1.807) is 33.5 Å². The molecule has 38 heavy (non-hydrogen) atoms. The van der Waals surface area contributed by atoms with Crippen LogP contribution in [0, 0.1) is 10.1 Å². The van der Waals surface area contributed by atoms with Crippen LogP contribution in [0.15, 0.2) is 24.3 Å². The van der Waals surface area contributed by atoms with Gasteiger partial charge in [0.2, 0.25) is 0 Å². The summed E-state index contributed by atoms with van der Waals surface area (Å²) in [4.78, 5) is 10.3.